The van der Waals surface area contributed by atoms with Crippen molar-refractivity contribution in [1.29, 1.82) is 0 Å². The van der Waals surface area contributed by atoms with Crippen LogP contribution in [0.15, 0.2) is 36.8 Å². The average molecular weight is 297 g/mol. The summed E-state index contributed by atoms with van der Waals surface area (Å²) in [5.74, 6) is 1.03. The third-order valence-electron chi connectivity index (χ3n) is 4.25. The monoisotopic (exact) mass is 297 g/mol. The minimum absolute atomic E-state index is 0.0822. The smallest absolute Gasteiger partial charge is 0.123 e. The first kappa shape index (κ1) is 15.0. The molecule has 2 aromatic rings. The third-order valence-corrected chi connectivity index (χ3v) is 4.25. The average Bonchev–Trinajstić information content (AvgIpc) is 2.80. The minimum Gasteiger partial charge on any atom is -0.487 e. The zero-order valence-electron chi connectivity index (χ0n) is 13.7. The lowest BCUT2D eigenvalue weighted by molar-refractivity contribution is 0.138. The molecule has 0 amide bonds. The molecule has 4 nitrogen and oxygen atoms in total. The van der Waals surface area contributed by atoms with Crippen molar-refractivity contribution >= 4 is 0 Å². The van der Waals surface area contributed by atoms with E-state index in [-0.39, 0.29) is 11.6 Å². The zero-order valence-corrected chi connectivity index (χ0v) is 13.7. The zero-order chi connectivity index (χ0) is 15.7. The van der Waals surface area contributed by atoms with Crippen LogP contribution in [0.4, 0.5) is 0 Å². The summed E-state index contributed by atoms with van der Waals surface area (Å²) in [6.45, 7) is 7.33. The fraction of sp³-hybridized carbons (Fsp3) is 0.444. The van der Waals surface area contributed by atoms with E-state index in [9.17, 15) is 0 Å². The van der Waals surface area contributed by atoms with Crippen molar-refractivity contribution in [2.45, 2.75) is 45.4 Å². The quantitative estimate of drug-likeness (QED) is 0.867. The highest BCUT2D eigenvalue weighted by Crippen LogP contribution is 2.35. The first-order valence-electron chi connectivity index (χ1n) is 7.71. The Morgan fingerprint density at radius 3 is 2.86 bits per heavy atom. The van der Waals surface area contributed by atoms with Crippen LogP contribution < -0.4 is 4.74 Å². The predicted molar refractivity (Wildman–Crippen MR) is 86.8 cm³/mol. The molecule has 22 heavy (non-hydrogen) atoms. The Hall–Kier alpha value is -1.94. The van der Waals surface area contributed by atoms with E-state index in [2.05, 4.69) is 60.9 Å². The number of hydrogen-bond acceptors (Lipinski definition) is 4. The molecule has 1 aromatic heterocycles. The Kier molecular flexibility index (Phi) is 3.87. The van der Waals surface area contributed by atoms with E-state index < -0.39 is 0 Å². The fourth-order valence-electron chi connectivity index (χ4n) is 2.96. The molecule has 0 bridgehead atoms. The highest BCUT2D eigenvalue weighted by Gasteiger charge is 2.30. The van der Waals surface area contributed by atoms with Crippen LogP contribution in [-0.2, 0) is 13.0 Å². The largest absolute Gasteiger partial charge is 0.487 e. The van der Waals surface area contributed by atoms with E-state index in [1.165, 1.54) is 11.1 Å². The van der Waals surface area contributed by atoms with Crippen LogP contribution >= 0.6 is 0 Å². The highest BCUT2D eigenvalue weighted by atomic mass is 16.5. The summed E-state index contributed by atoms with van der Waals surface area (Å²) >= 11 is 0. The summed E-state index contributed by atoms with van der Waals surface area (Å²) < 4.78 is 5.94. The molecule has 3 rings (SSSR count). The lowest BCUT2D eigenvalue weighted by Gasteiger charge is -2.24. The SMILES string of the molecule is C[C@H](c1ccncn1)N(C)Cc1ccc2c(c1)CC(C)(C)O2. The second-order valence-corrected chi connectivity index (χ2v) is 6.71. The van der Waals surface area contributed by atoms with E-state index in [0.717, 1.165) is 24.4 Å². The second-order valence-electron chi connectivity index (χ2n) is 6.71. The van der Waals surface area contributed by atoms with Gasteiger partial charge in [-0.1, -0.05) is 12.1 Å². The van der Waals surface area contributed by atoms with Crippen molar-refractivity contribution in [3.05, 3.63) is 53.6 Å². The summed E-state index contributed by atoms with van der Waals surface area (Å²) in [6.07, 6.45) is 4.37. The van der Waals surface area contributed by atoms with Crippen LogP contribution in [-0.4, -0.2) is 27.5 Å². The minimum atomic E-state index is -0.0822. The van der Waals surface area contributed by atoms with E-state index in [1.807, 2.05) is 6.07 Å². The third kappa shape index (κ3) is 3.12. The lowest BCUT2D eigenvalue weighted by atomic mass is 10.00. The molecule has 0 aliphatic carbocycles. The molecule has 1 aliphatic rings. The van der Waals surface area contributed by atoms with E-state index in [1.54, 1.807) is 12.5 Å². The Morgan fingerprint density at radius 2 is 2.14 bits per heavy atom. The van der Waals surface area contributed by atoms with Gasteiger partial charge in [0.2, 0.25) is 0 Å². The number of aromatic nitrogens is 2. The molecule has 2 heterocycles. The summed E-state index contributed by atoms with van der Waals surface area (Å²) in [5.41, 5.74) is 3.58. The maximum absolute atomic E-state index is 5.94. The molecule has 0 spiro atoms. The lowest BCUT2D eigenvalue weighted by Crippen LogP contribution is -2.24. The normalized spacial score (nSPS) is 17.1. The summed E-state index contributed by atoms with van der Waals surface area (Å²) in [4.78, 5) is 10.6. The topological polar surface area (TPSA) is 38.2 Å². The van der Waals surface area contributed by atoms with Crippen molar-refractivity contribution in [2.75, 3.05) is 7.05 Å². The molecule has 0 radical (unpaired) electrons. The van der Waals surface area contributed by atoms with Gasteiger partial charge in [-0.3, -0.25) is 4.90 Å². The Balaban J connectivity index is 1.72. The van der Waals surface area contributed by atoms with Crippen LogP contribution in [0.2, 0.25) is 0 Å². The van der Waals surface area contributed by atoms with Gasteiger partial charge in [0, 0.05) is 25.2 Å². The van der Waals surface area contributed by atoms with E-state index in [0.29, 0.717) is 0 Å². The number of benzene rings is 1. The first-order valence-corrected chi connectivity index (χ1v) is 7.71. The number of fused-ring (bicyclic) bond motifs is 1. The molecule has 0 saturated heterocycles. The van der Waals surface area contributed by atoms with Gasteiger partial charge in [-0.15, -0.1) is 0 Å². The van der Waals surface area contributed by atoms with Gasteiger partial charge in [-0.05, 0) is 51.1 Å². The van der Waals surface area contributed by atoms with E-state index >= 15 is 0 Å². The van der Waals surface area contributed by atoms with Gasteiger partial charge in [-0.25, -0.2) is 9.97 Å². The van der Waals surface area contributed by atoms with Gasteiger partial charge in [0.15, 0.2) is 0 Å². The summed E-state index contributed by atoms with van der Waals surface area (Å²) in [6, 6.07) is 8.75. The maximum atomic E-state index is 5.94. The van der Waals surface area contributed by atoms with Gasteiger partial charge in [0.05, 0.1) is 5.69 Å². The molecular formula is C18H23N3O. The van der Waals surface area contributed by atoms with Crippen molar-refractivity contribution in [1.82, 2.24) is 14.9 Å². The number of ether oxygens (including phenoxy) is 1. The first-order chi connectivity index (χ1) is 10.4. The second kappa shape index (κ2) is 5.69. The standard InChI is InChI=1S/C18H23N3O/c1-13(16-7-8-19-12-20-16)21(4)11-14-5-6-17-15(9-14)10-18(2,3)22-17/h5-9,12-13H,10-11H2,1-4H3/t13-/m1/s1. The highest BCUT2D eigenvalue weighted by molar-refractivity contribution is 5.41. The van der Waals surface area contributed by atoms with Crippen LogP contribution in [0, 0.1) is 0 Å². The number of nitrogens with zero attached hydrogens (tertiary/aromatic N) is 3. The van der Waals surface area contributed by atoms with Gasteiger partial charge >= 0.3 is 0 Å². The van der Waals surface area contributed by atoms with Crippen molar-refractivity contribution in [3.63, 3.8) is 0 Å². The van der Waals surface area contributed by atoms with Crippen molar-refractivity contribution in [2.24, 2.45) is 0 Å². The van der Waals surface area contributed by atoms with E-state index in [4.69, 9.17) is 4.74 Å². The Bertz CT molecular complexity index is 655. The Labute approximate surface area is 132 Å². The maximum Gasteiger partial charge on any atom is 0.123 e. The molecule has 1 aromatic carbocycles. The predicted octanol–water partition coefficient (Wildman–Crippen LogP) is 3.38. The molecule has 1 atom stereocenters. The molecule has 1 aliphatic heterocycles. The van der Waals surface area contributed by atoms with Crippen LogP contribution in [0.3, 0.4) is 0 Å². The molecule has 0 saturated carbocycles. The number of rotatable bonds is 4. The Morgan fingerprint density at radius 1 is 1.32 bits per heavy atom. The fourth-order valence-corrected chi connectivity index (χ4v) is 2.96. The summed E-state index contributed by atoms with van der Waals surface area (Å²) in [7, 11) is 2.13. The molecular weight excluding hydrogens is 274 g/mol. The van der Waals surface area contributed by atoms with Gasteiger partial charge in [0.25, 0.3) is 0 Å². The van der Waals surface area contributed by atoms with Crippen molar-refractivity contribution < 1.29 is 4.74 Å². The molecule has 0 fully saturated rings. The molecule has 0 unspecified atom stereocenters. The van der Waals surface area contributed by atoms with Crippen LogP contribution in [0.5, 0.6) is 5.75 Å². The van der Waals surface area contributed by atoms with Gasteiger partial charge in [0.1, 0.15) is 17.7 Å². The van der Waals surface area contributed by atoms with Crippen molar-refractivity contribution in [3.8, 4) is 5.75 Å². The summed E-state index contributed by atoms with van der Waals surface area (Å²) in [5, 5.41) is 0. The molecule has 116 valence electrons. The molecule has 0 N–H and O–H groups in total. The molecule has 4 heteroatoms. The van der Waals surface area contributed by atoms with Crippen LogP contribution in [0.1, 0.15) is 43.6 Å². The van der Waals surface area contributed by atoms with Gasteiger partial charge in [-0.2, -0.15) is 0 Å². The van der Waals surface area contributed by atoms with Crippen LogP contribution in [0.25, 0.3) is 0 Å². The van der Waals surface area contributed by atoms with Gasteiger partial charge < -0.3 is 4.74 Å². The number of hydrogen-bond donors (Lipinski definition) is 0.